The number of amides is 1. The second-order valence-corrected chi connectivity index (χ2v) is 7.85. The van der Waals surface area contributed by atoms with Gasteiger partial charge in [0.25, 0.3) is 5.91 Å². The number of fused-ring (bicyclic) bond motifs is 1. The number of para-hydroxylation sites is 1. The van der Waals surface area contributed by atoms with Crippen molar-refractivity contribution in [3.63, 3.8) is 0 Å². The van der Waals surface area contributed by atoms with E-state index in [4.69, 9.17) is 9.15 Å². The standard InChI is InChI=1S/C26H23FN2O3/c27-22-8-5-9-23(29-14-3-4-15-29)25(22)28-26(30)24-13-12-21(32-24)17-31-20-11-10-18-6-1-2-7-19(18)16-20/h1-2,5-13,16H,3-4,14-15,17H2,(H,28,30). The SMILES string of the molecule is O=C(Nc1c(F)cccc1N1CCCC1)c1ccc(COc2ccc3ccccc3c2)o1. The number of nitrogens with one attached hydrogen (secondary N) is 1. The highest BCUT2D eigenvalue weighted by Crippen LogP contribution is 2.31. The third-order valence-corrected chi connectivity index (χ3v) is 5.66. The fraction of sp³-hybridized carbons (Fsp3) is 0.192. The first-order valence-electron chi connectivity index (χ1n) is 10.7. The van der Waals surface area contributed by atoms with Crippen molar-refractivity contribution < 1.29 is 18.3 Å². The van der Waals surface area contributed by atoms with Crippen molar-refractivity contribution in [3.8, 4) is 5.75 Å². The second kappa shape index (κ2) is 8.75. The maximum atomic E-state index is 14.5. The van der Waals surface area contributed by atoms with E-state index in [1.807, 2.05) is 48.5 Å². The first kappa shape index (κ1) is 20.1. The number of furan rings is 1. The van der Waals surface area contributed by atoms with Crippen molar-refractivity contribution in [2.75, 3.05) is 23.3 Å². The molecule has 1 aromatic heterocycles. The molecular formula is C26H23FN2O3. The lowest BCUT2D eigenvalue weighted by Gasteiger charge is -2.21. The van der Waals surface area contributed by atoms with Crippen molar-refractivity contribution in [1.82, 2.24) is 0 Å². The lowest BCUT2D eigenvalue weighted by atomic mass is 10.1. The average molecular weight is 430 g/mol. The Hall–Kier alpha value is -3.80. The van der Waals surface area contributed by atoms with Gasteiger partial charge in [0.2, 0.25) is 0 Å². The summed E-state index contributed by atoms with van der Waals surface area (Å²) in [5.41, 5.74) is 0.882. The summed E-state index contributed by atoms with van der Waals surface area (Å²) >= 11 is 0. The zero-order valence-electron chi connectivity index (χ0n) is 17.5. The van der Waals surface area contributed by atoms with Crippen LogP contribution >= 0.6 is 0 Å². The smallest absolute Gasteiger partial charge is 0.291 e. The van der Waals surface area contributed by atoms with E-state index in [2.05, 4.69) is 10.2 Å². The van der Waals surface area contributed by atoms with Gasteiger partial charge in [-0.15, -0.1) is 0 Å². The normalized spacial score (nSPS) is 13.5. The number of hydrogen-bond acceptors (Lipinski definition) is 4. The summed E-state index contributed by atoms with van der Waals surface area (Å²) in [6.07, 6.45) is 2.12. The van der Waals surface area contributed by atoms with Crippen LogP contribution in [-0.4, -0.2) is 19.0 Å². The highest BCUT2D eigenvalue weighted by atomic mass is 19.1. The van der Waals surface area contributed by atoms with Gasteiger partial charge in [0, 0.05) is 13.1 Å². The van der Waals surface area contributed by atoms with Crippen molar-refractivity contribution in [2.45, 2.75) is 19.4 Å². The number of carbonyl (C=O) groups is 1. The molecule has 0 spiro atoms. The molecule has 0 aliphatic carbocycles. The fourth-order valence-electron chi connectivity index (χ4n) is 4.02. The van der Waals surface area contributed by atoms with Gasteiger partial charge in [0.15, 0.2) is 5.76 Å². The van der Waals surface area contributed by atoms with E-state index in [0.29, 0.717) is 17.2 Å². The van der Waals surface area contributed by atoms with Gasteiger partial charge in [-0.2, -0.15) is 0 Å². The summed E-state index contributed by atoms with van der Waals surface area (Å²) in [6.45, 7) is 1.89. The Labute approximate surface area is 185 Å². The molecule has 4 aromatic rings. The number of nitrogens with zero attached hydrogens (tertiary/aromatic N) is 1. The third-order valence-electron chi connectivity index (χ3n) is 5.66. The van der Waals surface area contributed by atoms with Crippen molar-refractivity contribution in [1.29, 1.82) is 0 Å². The molecule has 1 aliphatic rings. The first-order chi connectivity index (χ1) is 15.7. The topological polar surface area (TPSA) is 54.7 Å². The predicted octanol–water partition coefficient (Wildman–Crippen LogP) is 6.00. The molecular weight excluding hydrogens is 407 g/mol. The molecule has 32 heavy (non-hydrogen) atoms. The van der Waals surface area contributed by atoms with Crippen LogP contribution in [0.1, 0.15) is 29.2 Å². The zero-order valence-corrected chi connectivity index (χ0v) is 17.5. The number of ether oxygens (including phenoxy) is 1. The van der Waals surface area contributed by atoms with Gasteiger partial charge < -0.3 is 19.4 Å². The summed E-state index contributed by atoms with van der Waals surface area (Å²) in [4.78, 5) is 14.8. The van der Waals surface area contributed by atoms with Crippen LogP contribution < -0.4 is 15.0 Å². The molecule has 0 bridgehead atoms. The fourth-order valence-corrected chi connectivity index (χ4v) is 4.02. The van der Waals surface area contributed by atoms with Gasteiger partial charge in [0.05, 0.1) is 5.69 Å². The van der Waals surface area contributed by atoms with Crippen LogP contribution in [0.2, 0.25) is 0 Å². The van der Waals surface area contributed by atoms with Crippen LogP contribution in [0.4, 0.5) is 15.8 Å². The monoisotopic (exact) mass is 430 g/mol. The molecule has 6 heteroatoms. The quantitative estimate of drug-likeness (QED) is 0.407. The third kappa shape index (κ3) is 4.17. The lowest BCUT2D eigenvalue weighted by molar-refractivity contribution is 0.0992. The molecule has 0 unspecified atom stereocenters. The number of anilines is 2. The summed E-state index contributed by atoms with van der Waals surface area (Å²) in [5.74, 6) is 0.378. The van der Waals surface area contributed by atoms with Crippen molar-refractivity contribution in [2.24, 2.45) is 0 Å². The van der Waals surface area contributed by atoms with Gasteiger partial charge in [-0.1, -0.05) is 36.4 Å². The molecule has 2 heterocycles. The Bertz CT molecular complexity index is 1260. The van der Waals surface area contributed by atoms with E-state index < -0.39 is 11.7 Å². The van der Waals surface area contributed by atoms with E-state index >= 15 is 0 Å². The van der Waals surface area contributed by atoms with Crippen LogP contribution in [0.25, 0.3) is 10.8 Å². The number of halogens is 1. The molecule has 1 aliphatic heterocycles. The van der Waals surface area contributed by atoms with Crippen molar-refractivity contribution in [3.05, 3.63) is 90.1 Å². The van der Waals surface area contributed by atoms with Crippen LogP contribution in [0.5, 0.6) is 5.75 Å². The molecule has 3 aromatic carbocycles. The van der Waals surface area contributed by atoms with Gasteiger partial charge in [0.1, 0.15) is 29.6 Å². The minimum atomic E-state index is -0.493. The number of benzene rings is 3. The molecule has 5 nitrogen and oxygen atoms in total. The molecule has 0 saturated carbocycles. The zero-order chi connectivity index (χ0) is 21.9. The molecule has 0 atom stereocenters. The van der Waals surface area contributed by atoms with E-state index in [1.54, 1.807) is 18.2 Å². The molecule has 1 fully saturated rings. The Morgan fingerprint density at radius 2 is 1.78 bits per heavy atom. The second-order valence-electron chi connectivity index (χ2n) is 7.85. The summed E-state index contributed by atoms with van der Waals surface area (Å²) in [7, 11) is 0. The maximum Gasteiger partial charge on any atom is 0.291 e. The van der Waals surface area contributed by atoms with E-state index in [-0.39, 0.29) is 18.1 Å². The minimum Gasteiger partial charge on any atom is -0.486 e. The van der Waals surface area contributed by atoms with E-state index in [9.17, 15) is 9.18 Å². The first-order valence-corrected chi connectivity index (χ1v) is 10.7. The van der Waals surface area contributed by atoms with E-state index in [0.717, 1.165) is 36.7 Å². The largest absolute Gasteiger partial charge is 0.486 e. The molecule has 162 valence electrons. The number of hydrogen-bond donors (Lipinski definition) is 1. The van der Waals surface area contributed by atoms with E-state index in [1.165, 1.54) is 6.07 Å². The van der Waals surface area contributed by atoms with Gasteiger partial charge in [-0.3, -0.25) is 4.79 Å². The summed E-state index contributed by atoms with van der Waals surface area (Å²) in [6, 6.07) is 22.0. The molecule has 1 saturated heterocycles. The van der Waals surface area contributed by atoms with Crippen LogP contribution in [0.15, 0.2) is 77.2 Å². The van der Waals surface area contributed by atoms with Gasteiger partial charge in [-0.05, 0) is 60.0 Å². The average Bonchev–Trinajstić information content (AvgIpc) is 3.51. The summed E-state index contributed by atoms with van der Waals surface area (Å²) in [5, 5.41) is 4.91. The van der Waals surface area contributed by atoms with Crippen LogP contribution in [0, 0.1) is 5.82 Å². The summed E-state index contributed by atoms with van der Waals surface area (Å²) < 4.78 is 26.0. The number of rotatable bonds is 6. The van der Waals surface area contributed by atoms with Crippen molar-refractivity contribution >= 4 is 28.1 Å². The van der Waals surface area contributed by atoms with Gasteiger partial charge in [-0.25, -0.2) is 4.39 Å². The molecule has 5 rings (SSSR count). The minimum absolute atomic E-state index is 0.109. The highest BCUT2D eigenvalue weighted by Gasteiger charge is 2.21. The Morgan fingerprint density at radius 3 is 2.62 bits per heavy atom. The molecule has 1 N–H and O–H groups in total. The Balaban J connectivity index is 1.27. The Morgan fingerprint density at radius 1 is 0.969 bits per heavy atom. The molecule has 0 radical (unpaired) electrons. The highest BCUT2D eigenvalue weighted by molar-refractivity contribution is 6.04. The van der Waals surface area contributed by atoms with Gasteiger partial charge >= 0.3 is 0 Å². The number of carbonyl (C=O) groups excluding carboxylic acids is 1. The lowest BCUT2D eigenvalue weighted by Crippen LogP contribution is -2.21. The van der Waals surface area contributed by atoms with Crippen LogP contribution in [0.3, 0.4) is 0 Å². The maximum absolute atomic E-state index is 14.5. The molecule has 1 amide bonds. The predicted molar refractivity (Wildman–Crippen MR) is 123 cm³/mol. The van der Waals surface area contributed by atoms with Crippen LogP contribution in [-0.2, 0) is 6.61 Å². The Kier molecular flexibility index (Phi) is 5.50.